The number of hydrogen-bond donors (Lipinski definition) is 0. The first kappa shape index (κ1) is 13.1. The Morgan fingerprint density at radius 3 is 2.47 bits per heavy atom. The molecule has 0 radical (unpaired) electrons. The van der Waals surface area contributed by atoms with Crippen molar-refractivity contribution in [3.63, 3.8) is 0 Å². The van der Waals surface area contributed by atoms with Gasteiger partial charge >= 0.3 is 0 Å². The van der Waals surface area contributed by atoms with Gasteiger partial charge in [0.25, 0.3) is 0 Å². The standard InChI is InChI=1S/C15H27NO/c1-11-12(2)16(10-9-15(11)17)13(3)14-7-5-4-6-8-14/h11-14H,4-10H2,1-3H3. The average molecular weight is 237 g/mol. The molecule has 0 aromatic heterocycles. The molecule has 2 heteroatoms. The predicted molar refractivity (Wildman–Crippen MR) is 71.0 cm³/mol. The van der Waals surface area contributed by atoms with Crippen LogP contribution in [0.3, 0.4) is 0 Å². The number of ketones is 1. The largest absolute Gasteiger partial charge is 0.299 e. The van der Waals surface area contributed by atoms with Crippen LogP contribution in [0.15, 0.2) is 0 Å². The molecule has 1 saturated carbocycles. The molecule has 1 aliphatic heterocycles. The lowest BCUT2D eigenvalue weighted by Crippen LogP contribution is -2.52. The number of carbonyl (C=O) groups is 1. The number of rotatable bonds is 2. The van der Waals surface area contributed by atoms with Crippen molar-refractivity contribution in [2.45, 2.75) is 71.4 Å². The van der Waals surface area contributed by atoms with Crippen molar-refractivity contribution >= 4 is 5.78 Å². The molecule has 0 spiro atoms. The molecule has 1 heterocycles. The number of likely N-dealkylation sites (tertiary alicyclic amines) is 1. The monoisotopic (exact) mass is 237 g/mol. The number of nitrogens with zero attached hydrogens (tertiary/aromatic N) is 1. The van der Waals surface area contributed by atoms with Crippen molar-refractivity contribution in [3.05, 3.63) is 0 Å². The molecule has 0 N–H and O–H groups in total. The molecule has 2 fully saturated rings. The van der Waals surface area contributed by atoms with Gasteiger partial charge in [-0.1, -0.05) is 26.2 Å². The quantitative estimate of drug-likeness (QED) is 0.735. The second kappa shape index (κ2) is 5.51. The van der Waals surface area contributed by atoms with E-state index < -0.39 is 0 Å². The summed E-state index contributed by atoms with van der Waals surface area (Å²) in [6.07, 6.45) is 7.80. The highest BCUT2D eigenvalue weighted by Gasteiger charge is 2.35. The molecule has 3 atom stereocenters. The molecule has 17 heavy (non-hydrogen) atoms. The molecule has 3 unspecified atom stereocenters. The first-order chi connectivity index (χ1) is 8.11. The zero-order valence-corrected chi connectivity index (χ0v) is 11.6. The van der Waals surface area contributed by atoms with Crippen LogP contribution in [0, 0.1) is 11.8 Å². The van der Waals surface area contributed by atoms with Crippen molar-refractivity contribution in [1.82, 2.24) is 4.90 Å². The summed E-state index contributed by atoms with van der Waals surface area (Å²) in [6.45, 7) is 7.71. The highest BCUT2D eigenvalue weighted by molar-refractivity contribution is 5.82. The SMILES string of the molecule is CC1C(=O)CCN(C(C)C2CCCCC2)C1C. The van der Waals surface area contributed by atoms with Crippen LogP contribution in [-0.4, -0.2) is 29.3 Å². The molecule has 0 aromatic carbocycles. The molecular formula is C15H27NO. The van der Waals surface area contributed by atoms with Gasteiger partial charge in [0, 0.05) is 31.0 Å². The van der Waals surface area contributed by atoms with E-state index in [-0.39, 0.29) is 5.92 Å². The summed E-state index contributed by atoms with van der Waals surface area (Å²) in [7, 11) is 0. The van der Waals surface area contributed by atoms with E-state index >= 15 is 0 Å². The number of piperidine rings is 1. The third-order valence-corrected chi connectivity index (χ3v) is 5.23. The van der Waals surface area contributed by atoms with Gasteiger partial charge in [-0.2, -0.15) is 0 Å². The molecule has 0 amide bonds. The third-order valence-electron chi connectivity index (χ3n) is 5.23. The van der Waals surface area contributed by atoms with E-state index in [0.717, 1.165) is 18.9 Å². The highest BCUT2D eigenvalue weighted by Crippen LogP contribution is 2.32. The lowest BCUT2D eigenvalue weighted by molar-refractivity contribution is -0.129. The van der Waals surface area contributed by atoms with E-state index in [2.05, 4.69) is 25.7 Å². The van der Waals surface area contributed by atoms with Crippen LogP contribution in [-0.2, 0) is 4.79 Å². The number of carbonyl (C=O) groups excluding carboxylic acids is 1. The molecule has 1 aliphatic carbocycles. The van der Waals surface area contributed by atoms with Crippen LogP contribution in [0.25, 0.3) is 0 Å². The third kappa shape index (κ3) is 2.73. The van der Waals surface area contributed by atoms with Gasteiger partial charge in [-0.05, 0) is 32.6 Å². The molecule has 0 bridgehead atoms. The molecule has 2 nitrogen and oxygen atoms in total. The summed E-state index contributed by atoms with van der Waals surface area (Å²) in [6, 6.07) is 1.11. The minimum Gasteiger partial charge on any atom is -0.299 e. The van der Waals surface area contributed by atoms with Crippen LogP contribution < -0.4 is 0 Å². The zero-order chi connectivity index (χ0) is 12.4. The second-order valence-corrected chi connectivity index (χ2v) is 6.12. The van der Waals surface area contributed by atoms with Crippen molar-refractivity contribution in [2.75, 3.05) is 6.54 Å². The van der Waals surface area contributed by atoms with E-state index in [1.54, 1.807) is 0 Å². The summed E-state index contributed by atoms with van der Waals surface area (Å²) >= 11 is 0. The van der Waals surface area contributed by atoms with E-state index in [4.69, 9.17) is 0 Å². The number of Topliss-reactive ketones (excluding diaryl/α,β-unsaturated/α-hetero) is 1. The first-order valence-corrected chi connectivity index (χ1v) is 7.39. The average Bonchev–Trinajstić information content (AvgIpc) is 2.36. The fourth-order valence-electron chi connectivity index (χ4n) is 3.69. The van der Waals surface area contributed by atoms with Crippen molar-refractivity contribution < 1.29 is 4.79 Å². The van der Waals surface area contributed by atoms with Gasteiger partial charge in [-0.25, -0.2) is 0 Å². The maximum absolute atomic E-state index is 11.7. The molecule has 2 rings (SSSR count). The molecule has 2 aliphatic rings. The van der Waals surface area contributed by atoms with Gasteiger partial charge in [-0.3, -0.25) is 9.69 Å². The van der Waals surface area contributed by atoms with Crippen LogP contribution >= 0.6 is 0 Å². The van der Waals surface area contributed by atoms with Crippen LogP contribution in [0.5, 0.6) is 0 Å². The maximum atomic E-state index is 11.7. The van der Waals surface area contributed by atoms with Crippen molar-refractivity contribution in [2.24, 2.45) is 11.8 Å². The molecule has 1 saturated heterocycles. The summed E-state index contributed by atoms with van der Waals surface area (Å²) in [5, 5.41) is 0. The molecular weight excluding hydrogens is 210 g/mol. The van der Waals surface area contributed by atoms with Gasteiger partial charge in [0.2, 0.25) is 0 Å². The Kier molecular flexibility index (Phi) is 4.24. The van der Waals surface area contributed by atoms with Crippen LogP contribution in [0.2, 0.25) is 0 Å². The van der Waals surface area contributed by atoms with Gasteiger partial charge in [-0.15, -0.1) is 0 Å². The summed E-state index contributed by atoms with van der Waals surface area (Å²) in [5.74, 6) is 1.56. The number of hydrogen-bond acceptors (Lipinski definition) is 2. The second-order valence-electron chi connectivity index (χ2n) is 6.12. The Morgan fingerprint density at radius 1 is 1.18 bits per heavy atom. The lowest BCUT2D eigenvalue weighted by Gasteiger charge is -2.44. The Morgan fingerprint density at radius 2 is 1.82 bits per heavy atom. The zero-order valence-electron chi connectivity index (χ0n) is 11.6. The Bertz CT molecular complexity index is 270. The van der Waals surface area contributed by atoms with E-state index in [9.17, 15) is 4.79 Å². The van der Waals surface area contributed by atoms with Gasteiger partial charge in [0.15, 0.2) is 0 Å². The van der Waals surface area contributed by atoms with Gasteiger partial charge < -0.3 is 0 Å². The lowest BCUT2D eigenvalue weighted by atomic mass is 9.81. The Balaban J connectivity index is 1.98. The van der Waals surface area contributed by atoms with Gasteiger partial charge in [0.1, 0.15) is 5.78 Å². The van der Waals surface area contributed by atoms with Crippen molar-refractivity contribution in [1.29, 1.82) is 0 Å². The Hall–Kier alpha value is -0.370. The van der Waals surface area contributed by atoms with Crippen LogP contribution in [0.4, 0.5) is 0 Å². The highest BCUT2D eigenvalue weighted by atomic mass is 16.1. The van der Waals surface area contributed by atoms with Gasteiger partial charge in [0.05, 0.1) is 0 Å². The smallest absolute Gasteiger partial charge is 0.138 e. The summed E-state index contributed by atoms with van der Waals surface area (Å²) in [4.78, 5) is 14.3. The van der Waals surface area contributed by atoms with Crippen molar-refractivity contribution in [3.8, 4) is 0 Å². The fourth-order valence-corrected chi connectivity index (χ4v) is 3.69. The molecule has 98 valence electrons. The van der Waals surface area contributed by atoms with E-state index in [1.807, 2.05) is 0 Å². The normalized spacial score (nSPS) is 34.9. The topological polar surface area (TPSA) is 20.3 Å². The fraction of sp³-hybridized carbons (Fsp3) is 0.933. The minimum absolute atomic E-state index is 0.231. The summed E-state index contributed by atoms with van der Waals surface area (Å²) in [5.41, 5.74) is 0. The minimum atomic E-state index is 0.231. The molecule has 0 aromatic rings. The first-order valence-electron chi connectivity index (χ1n) is 7.39. The maximum Gasteiger partial charge on any atom is 0.138 e. The predicted octanol–water partition coefficient (Wildman–Crippen LogP) is 3.25. The van der Waals surface area contributed by atoms with Crippen LogP contribution in [0.1, 0.15) is 59.3 Å². The Labute approximate surface area is 106 Å². The van der Waals surface area contributed by atoms with E-state index in [0.29, 0.717) is 17.9 Å². The summed E-state index contributed by atoms with van der Waals surface area (Å²) < 4.78 is 0. The van der Waals surface area contributed by atoms with E-state index in [1.165, 1.54) is 32.1 Å².